The molecule has 0 aromatic heterocycles. The van der Waals surface area contributed by atoms with E-state index in [1.54, 1.807) is 23.1 Å². The van der Waals surface area contributed by atoms with Crippen LogP contribution in [0.5, 0.6) is 5.75 Å². The fourth-order valence-electron chi connectivity index (χ4n) is 2.45. The second-order valence-electron chi connectivity index (χ2n) is 5.47. The van der Waals surface area contributed by atoms with Crippen LogP contribution in [0.4, 0.5) is 20.2 Å². The van der Waals surface area contributed by atoms with Crippen LogP contribution in [0.25, 0.3) is 0 Å². The van der Waals surface area contributed by atoms with E-state index in [0.29, 0.717) is 17.5 Å². The third kappa shape index (κ3) is 3.34. The fourth-order valence-corrected chi connectivity index (χ4v) is 2.45. The Morgan fingerprint density at radius 3 is 2.79 bits per heavy atom. The Labute approximate surface area is 136 Å². The molecule has 124 valence electrons. The Morgan fingerprint density at radius 1 is 1.25 bits per heavy atom. The van der Waals surface area contributed by atoms with Gasteiger partial charge in [-0.25, -0.2) is 13.6 Å². The summed E-state index contributed by atoms with van der Waals surface area (Å²) in [5.74, 6) is -2.22. The van der Waals surface area contributed by atoms with Crippen LogP contribution in [0, 0.1) is 18.6 Å². The number of hydrogen-bond acceptors (Lipinski definition) is 4. The molecule has 7 heteroatoms. The molecule has 1 aliphatic rings. The zero-order valence-corrected chi connectivity index (χ0v) is 12.8. The van der Waals surface area contributed by atoms with E-state index in [1.165, 1.54) is 0 Å². The number of carbonyl (C=O) groups excluding carboxylic acids is 2. The smallest absolute Gasteiger partial charge is 0.331 e. The van der Waals surface area contributed by atoms with Gasteiger partial charge in [0.25, 0.3) is 0 Å². The van der Waals surface area contributed by atoms with Crippen molar-refractivity contribution >= 4 is 23.3 Å². The van der Waals surface area contributed by atoms with E-state index in [1.807, 2.05) is 6.92 Å². The second kappa shape index (κ2) is 6.27. The largest absolute Gasteiger partial charge is 0.423 e. The van der Waals surface area contributed by atoms with Gasteiger partial charge in [0, 0.05) is 6.07 Å². The summed E-state index contributed by atoms with van der Waals surface area (Å²) in [6.45, 7) is 1.63. The zero-order chi connectivity index (χ0) is 17.3. The predicted octanol–water partition coefficient (Wildman–Crippen LogP) is 2.64. The molecule has 0 saturated heterocycles. The van der Waals surface area contributed by atoms with Crippen molar-refractivity contribution in [3.05, 3.63) is 53.6 Å². The Hall–Kier alpha value is -2.96. The van der Waals surface area contributed by atoms with Gasteiger partial charge >= 0.3 is 5.97 Å². The van der Waals surface area contributed by atoms with Crippen molar-refractivity contribution in [2.75, 3.05) is 23.3 Å². The number of amides is 1. The molecule has 0 saturated carbocycles. The number of hydrogen-bond donors (Lipinski definition) is 1. The van der Waals surface area contributed by atoms with Gasteiger partial charge in [-0.2, -0.15) is 0 Å². The van der Waals surface area contributed by atoms with E-state index >= 15 is 0 Å². The molecule has 0 radical (unpaired) electrons. The number of halogens is 2. The first-order chi connectivity index (χ1) is 11.4. The molecule has 2 aromatic carbocycles. The molecule has 1 N–H and O–H groups in total. The summed E-state index contributed by atoms with van der Waals surface area (Å²) in [6.07, 6.45) is 0. The van der Waals surface area contributed by atoms with Gasteiger partial charge in [-0.3, -0.25) is 4.79 Å². The van der Waals surface area contributed by atoms with E-state index < -0.39 is 23.5 Å². The third-order valence-electron chi connectivity index (χ3n) is 3.54. The van der Waals surface area contributed by atoms with Crippen LogP contribution < -0.4 is 15.0 Å². The average Bonchev–Trinajstić information content (AvgIpc) is 2.51. The van der Waals surface area contributed by atoms with Gasteiger partial charge < -0.3 is 15.0 Å². The number of carbonyl (C=O) groups is 2. The van der Waals surface area contributed by atoms with Gasteiger partial charge in [-0.1, -0.05) is 6.07 Å². The molecule has 0 unspecified atom stereocenters. The van der Waals surface area contributed by atoms with Crippen molar-refractivity contribution in [1.29, 1.82) is 0 Å². The molecule has 0 fully saturated rings. The highest BCUT2D eigenvalue weighted by Gasteiger charge is 2.26. The molecular formula is C17H14F2N2O3. The molecule has 0 spiro atoms. The number of anilines is 2. The standard InChI is InChI=1S/C17H14F2N2O3/c1-10-2-5-15-14(6-10)21(9-17(23)24-15)8-16(22)20-13-4-3-11(18)7-12(13)19/h2-7H,8-9H2,1H3,(H,20,22). The summed E-state index contributed by atoms with van der Waals surface area (Å²) in [7, 11) is 0. The first-order valence-electron chi connectivity index (χ1n) is 7.23. The van der Waals surface area contributed by atoms with Crippen molar-refractivity contribution in [2.45, 2.75) is 6.92 Å². The molecule has 1 heterocycles. The molecule has 0 aliphatic carbocycles. The normalized spacial score (nSPS) is 13.3. The first-order valence-corrected chi connectivity index (χ1v) is 7.23. The van der Waals surface area contributed by atoms with Gasteiger partial charge in [0.2, 0.25) is 5.91 Å². The van der Waals surface area contributed by atoms with Crippen LogP contribution in [-0.2, 0) is 9.59 Å². The molecule has 0 bridgehead atoms. The molecule has 3 rings (SSSR count). The van der Waals surface area contributed by atoms with Crippen LogP contribution in [0.1, 0.15) is 5.56 Å². The number of benzene rings is 2. The first kappa shape index (κ1) is 15.9. The summed E-state index contributed by atoms with van der Waals surface area (Å²) in [6, 6.07) is 8.14. The quantitative estimate of drug-likeness (QED) is 0.693. The summed E-state index contributed by atoms with van der Waals surface area (Å²) >= 11 is 0. The van der Waals surface area contributed by atoms with Crippen LogP contribution >= 0.6 is 0 Å². The van der Waals surface area contributed by atoms with Gasteiger partial charge in [-0.05, 0) is 36.8 Å². The number of nitrogens with zero attached hydrogens (tertiary/aromatic N) is 1. The molecule has 1 amide bonds. The minimum Gasteiger partial charge on any atom is -0.423 e. The topological polar surface area (TPSA) is 58.6 Å². The number of fused-ring (bicyclic) bond motifs is 1. The van der Waals surface area contributed by atoms with Crippen molar-refractivity contribution in [1.82, 2.24) is 0 Å². The molecular weight excluding hydrogens is 318 g/mol. The summed E-state index contributed by atoms with van der Waals surface area (Å²) < 4.78 is 31.6. The summed E-state index contributed by atoms with van der Waals surface area (Å²) in [5, 5.41) is 2.37. The van der Waals surface area contributed by atoms with E-state index in [0.717, 1.165) is 17.7 Å². The maximum absolute atomic E-state index is 13.6. The lowest BCUT2D eigenvalue weighted by atomic mass is 10.1. The minimum atomic E-state index is -0.863. The number of aryl methyl sites for hydroxylation is 1. The number of nitrogens with one attached hydrogen (secondary N) is 1. The minimum absolute atomic E-state index is 0.0875. The maximum atomic E-state index is 13.6. The lowest BCUT2D eigenvalue weighted by molar-refractivity contribution is -0.133. The van der Waals surface area contributed by atoms with Crippen LogP contribution in [0.2, 0.25) is 0 Å². The Morgan fingerprint density at radius 2 is 2.04 bits per heavy atom. The number of ether oxygens (including phenoxy) is 1. The van der Waals surface area contributed by atoms with Gasteiger partial charge in [-0.15, -0.1) is 0 Å². The number of esters is 1. The summed E-state index contributed by atoms with van der Waals surface area (Å²) in [4.78, 5) is 25.4. The van der Waals surface area contributed by atoms with Crippen LogP contribution in [0.15, 0.2) is 36.4 Å². The second-order valence-corrected chi connectivity index (χ2v) is 5.47. The monoisotopic (exact) mass is 332 g/mol. The van der Waals surface area contributed by atoms with E-state index in [9.17, 15) is 18.4 Å². The molecule has 0 atom stereocenters. The fraction of sp³-hybridized carbons (Fsp3) is 0.176. The van der Waals surface area contributed by atoms with Crippen LogP contribution in [0.3, 0.4) is 0 Å². The van der Waals surface area contributed by atoms with E-state index in [4.69, 9.17) is 4.74 Å². The lowest BCUT2D eigenvalue weighted by Gasteiger charge is -2.29. The number of rotatable bonds is 3. The van der Waals surface area contributed by atoms with Crippen molar-refractivity contribution in [2.24, 2.45) is 0 Å². The Kier molecular flexibility index (Phi) is 4.16. The highest BCUT2D eigenvalue weighted by atomic mass is 19.1. The molecule has 1 aliphatic heterocycles. The van der Waals surface area contributed by atoms with Crippen molar-refractivity contribution in [3.63, 3.8) is 0 Å². The van der Waals surface area contributed by atoms with Gasteiger partial charge in [0.1, 0.15) is 18.2 Å². The predicted molar refractivity (Wildman–Crippen MR) is 84.0 cm³/mol. The molecule has 2 aromatic rings. The molecule has 24 heavy (non-hydrogen) atoms. The maximum Gasteiger partial charge on any atom is 0.331 e. The molecule has 5 nitrogen and oxygen atoms in total. The Balaban J connectivity index is 1.77. The van der Waals surface area contributed by atoms with Crippen molar-refractivity contribution < 1.29 is 23.1 Å². The third-order valence-corrected chi connectivity index (χ3v) is 3.54. The highest BCUT2D eigenvalue weighted by molar-refractivity contribution is 5.96. The van der Waals surface area contributed by atoms with Gasteiger partial charge in [0.05, 0.1) is 17.9 Å². The average molecular weight is 332 g/mol. The lowest BCUT2D eigenvalue weighted by Crippen LogP contribution is -2.41. The van der Waals surface area contributed by atoms with Crippen LogP contribution in [-0.4, -0.2) is 25.0 Å². The summed E-state index contributed by atoms with van der Waals surface area (Å²) in [5.41, 5.74) is 1.44. The highest BCUT2D eigenvalue weighted by Crippen LogP contribution is 2.32. The zero-order valence-electron chi connectivity index (χ0n) is 12.8. The Bertz CT molecular complexity index is 823. The van der Waals surface area contributed by atoms with E-state index in [-0.39, 0.29) is 18.8 Å². The van der Waals surface area contributed by atoms with Crippen molar-refractivity contribution in [3.8, 4) is 5.75 Å². The van der Waals surface area contributed by atoms with E-state index in [2.05, 4.69) is 5.32 Å². The SMILES string of the molecule is Cc1ccc2c(c1)N(CC(=O)Nc1ccc(F)cc1F)CC(=O)O2. The van der Waals surface area contributed by atoms with Gasteiger partial charge in [0.15, 0.2) is 5.75 Å².